The SMILES string of the molecule is Cc1nc(NC2CCN(C3CCN(C)CC3)CC2)c2c(CC(C)C)csc2n1. The topological polar surface area (TPSA) is 44.3 Å². The van der Waals surface area contributed by atoms with Gasteiger partial charge in [0.05, 0.1) is 5.39 Å². The zero-order chi connectivity index (χ0) is 19.7. The molecule has 0 saturated carbocycles. The van der Waals surface area contributed by atoms with E-state index >= 15 is 0 Å². The van der Waals surface area contributed by atoms with Crippen molar-refractivity contribution in [2.75, 3.05) is 38.5 Å². The third-order valence-electron chi connectivity index (χ3n) is 6.32. The van der Waals surface area contributed by atoms with Crippen LogP contribution >= 0.6 is 11.3 Å². The van der Waals surface area contributed by atoms with E-state index in [1.54, 1.807) is 11.3 Å². The first kappa shape index (κ1) is 20.0. The Morgan fingerprint density at radius 1 is 1.11 bits per heavy atom. The average molecular weight is 402 g/mol. The van der Waals surface area contributed by atoms with E-state index in [1.807, 2.05) is 6.92 Å². The Morgan fingerprint density at radius 3 is 2.50 bits per heavy atom. The van der Waals surface area contributed by atoms with Gasteiger partial charge in [0.15, 0.2) is 0 Å². The van der Waals surface area contributed by atoms with Crippen LogP contribution in [0, 0.1) is 12.8 Å². The van der Waals surface area contributed by atoms with Crippen LogP contribution in [0.1, 0.15) is 50.9 Å². The fraction of sp³-hybridized carbons (Fsp3) is 0.727. The first-order chi connectivity index (χ1) is 13.5. The summed E-state index contributed by atoms with van der Waals surface area (Å²) in [6.07, 6.45) is 6.16. The van der Waals surface area contributed by atoms with E-state index in [4.69, 9.17) is 9.97 Å². The Labute approximate surface area is 173 Å². The van der Waals surface area contributed by atoms with Crippen LogP contribution < -0.4 is 5.32 Å². The first-order valence-corrected chi connectivity index (χ1v) is 11.8. The maximum atomic E-state index is 4.82. The van der Waals surface area contributed by atoms with Crippen LogP contribution in [0.25, 0.3) is 10.2 Å². The van der Waals surface area contributed by atoms with Gasteiger partial charge in [0.1, 0.15) is 16.5 Å². The van der Waals surface area contributed by atoms with Crippen LogP contribution in [0.15, 0.2) is 5.38 Å². The number of hydrogen-bond donors (Lipinski definition) is 1. The normalized spacial score (nSPS) is 21.0. The number of fused-ring (bicyclic) bond motifs is 1. The molecular formula is C22H35N5S. The Kier molecular flexibility index (Phi) is 6.18. The van der Waals surface area contributed by atoms with Gasteiger partial charge >= 0.3 is 0 Å². The molecule has 6 heteroatoms. The summed E-state index contributed by atoms with van der Waals surface area (Å²) in [7, 11) is 2.24. The lowest BCUT2D eigenvalue weighted by molar-refractivity contribution is 0.0994. The van der Waals surface area contributed by atoms with Crippen LogP contribution in [0.2, 0.25) is 0 Å². The molecule has 0 aromatic carbocycles. The Balaban J connectivity index is 1.43. The number of piperidine rings is 2. The fourth-order valence-electron chi connectivity index (χ4n) is 4.76. The molecule has 28 heavy (non-hydrogen) atoms. The molecule has 0 aliphatic carbocycles. The first-order valence-electron chi connectivity index (χ1n) is 10.9. The van der Waals surface area contributed by atoms with Gasteiger partial charge in [0.25, 0.3) is 0 Å². The van der Waals surface area contributed by atoms with Gasteiger partial charge < -0.3 is 15.1 Å². The van der Waals surface area contributed by atoms with E-state index in [1.165, 1.54) is 62.8 Å². The lowest BCUT2D eigenvalue weighted by Gasteiger charge is -2.41. The van der Waals surface area contributed by atoms with Gasteiger partial charge in [-0.3, -0.25) is 0 Å². The molecule has 0 bridgehead atoms. The van der Waals surface area contributed by atoms with Crippen molar-refractivity contribution in [1.29, 1.82) is 0 Å². The molecule has 0 unspecified atom stereocenters. The van der Waals surface area contributed by atoms with Crippen LogP contribution in [0.4, 0.5) is 5.82 Å². The minimum Gasteiger partial charge on any atom is -0.367 e. The van der Waals surface area contributed by atoms with Gasteiger partial charge in [-0.15, -0.1) is 11.3 Å². The van der Waals surface area contributed by atoms with Crippen LogP contribution in [-0.4, -0.2) is 65.1 Å². The van der Waals surface area contributed by atoms with Gasteiger partial charge in [-0.25, -0.2) is 9.97 Å². The minimum absolute atomic E-state index is 0.520. The summed E-state index contributed by atoms with van der Waals surface area (Å²) in [4.78, 5) is 15.8. The van der Waals surface area contributed by atoms with Crippen molar-refractivity contribution in [3.05, 3.63) is 16.8 Å². The Morgan fingerprint density at radius 2 is 1.82 bits per heavy atom. The molecule has 2 fully saturated rings. The van der Waals surface area contributed by atoms with Crippen LogP contribution in [-0.2, 0) is 6.42 Å². The number of thiophene rings is 1. The third-order valence-corrected chi connectivity index (χ3v) is 7.25. The maximum absolute atomic E-state index is 4.82. The molecule has 1 N–H and O–H groups in total. The number of nitrogens with one attached hydrogen (secondary N) is 1. The van der Waals surface area contributed by atoms with E-state index < -0.39 is 0 Å². The molecule has 2 aliphatic rings. The summed E-state index contributed by atoms with van der Waals surface area (Å²) >= 11 is 1.76. The highest BCUT2D eigenvalue weighted by Gasteiger charge is 2.28. The highest BCUT2D eigenvalue weighted by Crippen LogP contribution is 2.33. The summed E-state index contributed by atoms with van der Waals surface area (Å²) < 4.78 is 0. The second-order valence-electron chi connectivity index (χ2n) is 9.15. The molecule has 0 amide bonds. The highest BCUT2D eigenvalue weighted by atomic mass is 32.1. The number of aryl methyl sites for hydroxylation is 1. The standard InChI is InChI=1S/C22H35N5S/c1-15(2)13-17-14-28-22-20(17)21(23-16(3)24-22)25-18-5-11-27(12-6-18)19-7-9-26(4)10-8-19/h14-15,18-19H,5-13H2,1-4H3,(H,23,24,25). The molecule has 5 nitrogen and oxygen atoms in total. The summed E-state index contributed by atoms with van der Waals surface area (Å²) in [5.74, 6) is 2.58. The van der Waals surface area contributed by atoms with Gasteiger partial charge in [0.2, 0.25) is 0 Å². The summed E-state index contributed by atoms with van der Waals surface area (Å²) in [6, 6.07) is 1.31. The lowest BCUT2D eigenvalue weighted by atomic mass is 9.98. The molecular weight excluding hydrogens is 366 g/mol. The third kappa shape index (κ3) is 4.50. The van der Waals surface area contributed by atoms with Crippen molar-refractivity contribution in [2.24, 2.45) is 5.92 Å². The van der Waals surface area contributed by atoms with Crippen molar-refractivity contribution in [3.8, 4) is 0 Å². The number of hydrogen-bond acceptors (Lipinski definition) is 6. The summed E-state index contributed by atoms with van der Waals surface area (Å²) in [5.41, 5.74) is 1.40. The molecule has 0 spiro atoms. The van der Waals surface area contributed by atoms with Crippen LogP contribution in [0.3, 0.4) is 0 Å². The van der Waals surface area contributed by atoms with Crippen molar-refractivity contribution < 1.29 is 0 Å². The fourth-order valence-corrected chi connectivity index (χ4v) is 5.76. The molecule has 2 aromatic heterocycles. The maximum Gasteiger partial charge on any atom is 0.139 e. The minimum atomic E-state index is 0.520. The van der Waals surface area contributed by atoms with Crippen molar-refractivity contribution >= 4 is 27.4 Å². The zero-order valence-corrected chi connectivity index (χ0v) is 18.7. The molecule has 154 valence electrons. The number of aromatic nitrogens is 2. The molecule has 4 rings (SSSR count). The van der Waals surface area contributed by atoms with E-state index in [2.05, 4.69) is 41.4 Å². The average Bonchev–Trinajstić information content (AvgIpc) is 3.05. The number of likely N-dealkylation sites (tertiary alicyclic amines) is 2. The molecule has 2 aliphatic heterocycles. The molecule has 0 atom stereocenters. The van der Waals surface area contributed by atoms with Crippen molar-refractivity contribution in [2.45, 2.75) is 65.0 Å². The number of nitrogens with zero attached hydrogens (tertiary/aromatic N) is 4. The smallest absolute Gasteiger partial charge is 0.139 e. The Bertz CT molecular complexity index is 786. The predicted octanol–water partition coefficient (Wildman–Crippen LogP) is 4.17. The lowest BCUT2D eigenvalue weighted by Crippen LogP contribution is -2.48. The van der Waals surface area contributed by atoms with E-state index in [0.29, 0.717) is 12.0 Å². The Hall–Kier alpha value is -1.24. The van der Waals surface area contributed by atoms with Gasteiger partial charge in [0, 0.05) is 25.2 Å². The summed E-state index contributed by atoms with van der Waals surface area (Å²) in [5, 5.41) is 7.37. The quantitative estimate of drug-likeness (QED) is 0.815. The molecule has 2 saturated heterocycles. The van der Waals surface area contributed by atoms with Gasteiger partial charge in [-0.05, 0) is 76.0 Å². The highest BCUT2D eigenvalue weighted by molar-refractivity contribution is 7.17. The number of anilines is 1. The van der Waals surface area contributed by atoms with Crippen LogP contribution in [0.5, 0.6) is 0 Å². The second kappa shape index (κ2) is 8.64. The number of rotatable bonds is 5. The zero-order valence-electron chi connectivity index (χ0n) is 17.9. The molecule has 4 heterocycles. The van der Waals surface area contributed by atoms with Crippen molar-refractivity contribution in [3.63, 3.8) is 0 Å². The van der Waals surface area contributed by atoms with Gasteiger partial charge in [-0.2, -0.15) is 0 Å². The largest absolute Gasteiger partial charge is 0.367 e. The molecule has 0 radical (unpaired) electrons. The summed E-state index contributed by atoms with van der Waals surface area (Å²) in [6.45, 7) is 11.5. The molecule has 2 aromatic rings. The van der Waals surface area contributed by atoms with Crippen molar-refractivity contribution in [1.82, 2.24) is 19.8 Å². The van der Waals surface area contributed by atoms with E-state index in [0.717, 1.165) is 28.9 Å². The monoisotopic (exact) mass is 401 g/mol. The van der Waals surface area contributed by atoms with E-state index in [9.17, 15) is 0 Å². The van der Waals surface area contributed by atoms with E-state index in [-0.39, 0.29) is 0 Å². The second-order valence-corrected chi connectivity index (χ2v) is 10.0. The van der Waals surface area contributed by atoms with Gasteiger partial charge in [-0.1, -0.05) is 13.8 Å². The predicted molar refractivity (Wildman–Crippen MR) is 119 cm³/mol.